The standard InChI is InChI=1S/C56H103NO5/c1-4-7-10-13-16-19-22-24-26-27-29-31-34-37-40-43-46-49-56(61)62-52(47-44-41-38-35-33-30-28-25-23-20-17-14-11-8-5-2)50-55(60)57-53(51-58)54(59)48-45-42-39-36-32-21-18-15-12-9-6-3/h17,20,24-26,28,33,35,52-54,58-59H,4-16,18-19,21-23,27,29-32,34,36-51H2,1-3H3,(H,57,60)/b20-17-,26-24+,28-25-,35-33-. The minimum Gasteiger partial charge on any atom is -0.462 e. The molecule has 6 nitrogen and oxygen atoms in total. The number of nitrogens with one attached hydrogen (secondary N) is 1. The molecule has 6 heteroatoms. The molecule has 0 spiro atoms. The topological polar surface area (TPSA) is 95.9 Å². The predicted octanol–water partition coefficient (Wildman–Crippen LogP) is 16.2. The molecule has 3 atom stereocenters. The lowest BCUT2D eigenvalue weighted by Crippen LogP contribution is -2.46. The molecule has 0 rings (SSSR count). The Morgan fingerprint density at radius 3 is 1.31 bits per heavy atom. The van der Waals surface area contributed by atoms with Gasteiger partial charge in [0.25, 0.3) is 0 Å². The Kier molecular flexibility index (Phi) is 48.1. The number of amides is 1. The van der Waals surface area contributed by atoms with Crippen molar-refractivity contribution in [2.24, 2.45) is 0 Å². The maximum absolute atomic E-state index is 13.2. The third-order valence-corrected chi connectivity index (χ3v) is 12.1. The Balaban J connectivity index is 4.63. The third kappa shape index (κ3) is 44.4. The molecule has 0 aliphatic heterocycles. The van der Waals surface area contributed by atoms with Crippen LogP contribution in [-0.2, 0) is 14.3 Å². The average Bonchev–Trinajstić information content (AvgIpc) is 3.26. The first kappa shape index (κ1) is 59.8. The molecule has 0 saturated carbocycles. The van der Waals surface area contributed by atoms with Gasteiger partial charge in [0, 0.05) is 6.42 Å². The van der Waals surface area contributed by atoms with Crippen molar-refractivity contribution >= 4 is 11.9 Å². The van der Waals surface area contributed by atoms with Crippen LogP contribution >= 0.6 is 0 Å². The van der Waals surface area contributed by atoms with E-state index in [0.29, 0.717) is 19.3 Å². The maximum Gasteiger partial charge on any atom is 0.306 e. The molecule has 0 aromatic rings. The van der Waals surface area contributed by atoms with Gasteiger partial charge < -0.3 is 20.3 Å². The minimum absolute atomic E-state index is 0.0509. The number of carbonyl (C=O) groups is 2. The van der Waals surface area contributed by atoms with Gasteiger partial charge in [-0.2, -0.15) is 0 Å². The largest absolute Gasteiger partial charge is 0.462 e. The quantitative estimate of drug-likeness (QED) is 0.0322. The molecule has 0 aliphatic rings. The number of carbonyl (C=O) groups excluding carboxylic acids is 2. The Bertz CT molecular complexity index is 1070. The molecule has 1 amide bonds. The van der Waals surface area contributed by atoms with Crippen LogP contribution in [0.4, 0.5) is 0 Å². The molecule has 0 fully saturated rings. The van der Waals surface area contributed by atoms with Gasteiger partial charge in [-0.05, 0) is 89.9 Å². The fourth-order valence-electron chi connectivity index (χ4n) is 8.02. The monoisotopic (exact) mass is 870 g/mol. The number of allylic oxidation sites excluding steroid dienone is 8. The van der Waals surface area contributed by atoms with Gasteiger partial charge in [-0.15, -0.1) is 0 Å². The van der Waals surface area contributed by atoms with Crippen LogP contribution in [-0.4, -0.2) is 46.9 Å². The van der Waals surface area contributed by atoms with Gasteiger partial charge in [0.1, 0.15) is 6.10 Å². The number of hydrogen-bond donors (Lipinski definition) is 3. The summed E-state index contributed by atoms with van der Waals surface area (Å²) in [6.45, 7) is 6.44. The summed E-state index contributed by atoms with van der Waals surface area (Å²) in [5, 5.41) is 23.7. The normalized spacial score (nSPS) is 13.6. The Morgan fingerprint density at radius 2 is 0.823 bits per heavy atom. The van der Waals surface area contributed by atoms with Gasteiger partial charge >= 0.3 is 5.97 Å². The highest BCUT2D eigenvalue weighted by molar-refractivity contribution is 5.77. The van der Waals surface area contributed by atoms with E-state index in [-0.39, 0.29) is 24.9 Å². The van der Waals surface area contributed by atoms with Crippen LogP contribution in [0.1, 0.15) is 271 Å². The minimum atomic E-state index is -0.797. The van der Waals surface area contributed by atoms with Gasteiger partial charge in [-0.3, -0.25) is 9.59 Å². The second kappa shape index (κ2) is 49.8. The predicted molar refractivity (Wildman–Crippen MR) is 269 cm³/mol. The van der Waals surface area contributed by atoms with Crippen LogP contribution in [0, 0.1) is 0 Å². The van der Waals surface area contributed by atoms with Crippen LogP contribution in [0.3, 0.4) is 0 Å². The maximum atomic E-state index is 13.2. The summed E-state index contributed by atoms with van der Waals surface area (Å²) >= 11 is 0. The lowest BCUT2D eigenvalue weighted by atomic mass is 10.0. The second-order valence-corrected chi connectivity index (χ2v) is 18.3. The number of esters is 1. The molecule has 362 valence electrons. The lowest BCUT2D eigenvalue weighted by molar-refractivity contribution is -0.151. The van der Waals surface area contributed by atoms with Crippen molar-refractivity contribution < 1.29 is 24.5 Å². The molecule has 0 radical (unpaired) electrons. The van der Waals surface area contributed by atoms with Crippen molar-refractivity contribution in [3.8, 4) is 0 Å². The fraction of sp³-hybridized carbons (Fsp3) is 0.821. The van der Waals surface area contributed by atoms with E-state index in [2.05, 4.69) is 74.7 Å². The molecule has 3 N–H and O–H groups in total. The summed E-state index contributed by atoms with van der Waals surface area (Å²) in [6.07, 6.45) is 60.3. The van der Waals surface area contributed by atoms with E-state index in [1.807, 2.05) is 0 Å². The number of ether oxygens (including phenoxy) is 1. The zero-order valence-electron chi connectivity index (χ0n) is 41.3. The summed E-state index contributed by atoms with van der Waals surface area (Å²) in [5.74, 6) is -0.510. The fourth-order valence-corrected chi connectivity index (χ4v) is 8.02. The van der Waals surface area contributed by atoms with E-state index < -0.39 is 18.2 Å². The highest BCUT2D eigenvalue weighted by atomic mass is 16.5. The molecule has 0 heterocycles. The number of unbranched alkanes of at least 4 members (excludes halogenated alkanes) is 28. The van der Waals surface area contributed by atoms with Crippen molar-refractivity contribution in [1.82, 2.24) is 5.32 Å². The first-order chi connectivity index (χ1) is 30.5. The van der Waals surface area contributed by atoms with Crippen LogP contribution in [0.5, 0.6) is 0 Å². The highest BCUT2D eigenvalue weighted by Crippen LogP contribution is 2.17. The van der Waals surface area contributed by atoms with Crippen molar-refractivity contribution in [1.29, 1.82) is 0 Å². The van der Waals surface area contributed by atoms with E-state index in [0.717, 1.165) is 70.6 Å². The molecular formula is C56H103NO5. The summed E-state index contributed by atoms with van der Waals surface area (Å²) in [6, 6.07) is -0.714. The average molecular weight is 870 g/mol. The van der Waals surface area contributed by atoms with Crippen molar-refractivity contribution in [2.45, 2.75) is 289 Å². The molecule has 0 saturated heterocycles. The van der Waals surface area contributed by atoms with Crippen LogP contribution in [0.25, 0.3) is 0 Å². The lowest BCUT2D eigenvalue weighted by Gasteiger charge is -2.24. The number of aliphatic hydroxyl groups is 2. The van der Waals surface area contributed by atoms with Gasteiger partial charge in [-0.25, -0.2) is 0 Å². The van der Waals surface area contributed by atoms with Crippen molar-refractivity contribution in [3.63, 3.8) is 0 Å². The molecule has 62 heavy (non-hydrogen) atoms. The Labute approximate surface area is 385 Å². The Hall–Kier alpha value is -2.18. The van der Waals surface area contributed by atoms with Crippen molar-refractivity contribution in [2.75, 3.05) is 6.61 Å². The van der Waals surface area contributed by atoms with E-state index >= 15 is 0 Å². The van der Waals surface area contributed by atoms with Crippen LogP contribution in [0.2, 0.25) is 0 Å². The first-order valence-corrected chi connectivity index (χ1v) is 26.9. The van der Waals surface area contributed by atoms with E-state index in [1.165, 1.54) is 154 Å². The SMILES string of the molecule is CCCCC/C=C\C/C=C\C/C=C\CCCCC(CC(=O)NC(CO)C(O)CCCCCCCCCCCCC)OC(=O)CCCCCCCCC/C=C/CCCCCCCC. The zero-order chi connectivity index (χ0) is 45.2. The van der Waals surface area contributed by atoms with Gasteiger partial charge in [0.15, 0.2) is 0 Å². The van der Waals surface area contributed by atoms with Crippen LogP contribution in [0.15, 0.2) is 48.6 Å². The number of rotatable bonds is 48. The van der Waals surface area contributed by atoms with Gasteiger partial charge in [0.05, 0.1) is 25.2 Å². The van der Waals surface area contributed by atoms with Crippen molar-refractivity contribution in [3.05, 3.63) is 48.6 Å². The zero-order valence-corrected chi connectivity index (χ0v) is 41.3. The first-order valence-electron chi connectivity index (χ1n) is 26.9. The molecule has 3 unspecified atom stereocenters. The Morgan fingerprint density at radius 1 is 0.468 bits per heavy atom. The van der Waals surface area contributed by atoms with E-state index in [4.69, 9.17) is 4.74 Å². The van der Waals surface area contributed by atoms with Gasteiger partial charge in [0.2, 0.25) is 5.91 Å². The summed E-state index contributed by atoms with van der Waals surface area (Å²) in [5.41, 5.74) is 0. The van der Waals surface area contributed by atoms with E-state index in [9.17, 15) is 19.8 Å². The number of aliphatic hydroxyl groups excluding tert-OH is 2. The summed E-state index contributed by atoms with van der Waals surface area (Å²) in [4.78, 5) is 26.2. The summed E-state index contributed by atoms with van der Waals surface area (Å²) < 4.78 is 5.93. The van der Waals surface area contributed by atoms with E-state index in [1.54, 1.807) is 0 Å². The van der Waals surface area contributed by atoms with Crippen LogP contribution < -0.4 is 5.32 Å². The second-order valence-electron chi connectivity index (χ2n) is 18.3. The molecule has 0 aromatic heterocycles. The highest BCUT2D eigenvalue weighted by Gasteiger charge is 2.24. The molecular weight excluding hydrogens is 767 g/mol. The number of hydrogen-bond acceptors (Lipinski definition) is 5. The summed E-state index contributed by atoms with van der Waals surface area (Å²) in [7, 11) is 0. The molecule has 0 aliphatic carbocycles. The third-order valence-electron chi connectivity index (χ3n) is 12.1. The molecule has 0 bridgehead atoms. The smallest absolute Gasteiger partial charge is 0.306 e. The molecule has 0 aromatic carbocycles. The van der Waals surface area contributed by atoms with Gasteiger partial charge in [-0.1, -0.05) is 217 Å².